The van der Waals surface area contributed by atoms with E-state index in [0.717, 1.165) is 0 Å². The molecule has 2 aromatic carbocycles. The Bertz CT molecular complexity index is 2730. The fraction of sp³-hybridized carbons (Fsp3) is 0.0714. The highest BCUT2D eigenvalue weighted by atomic mass is 19.4. The molecule has 0 saturated heterocycles. The lowest BCUT2D eigenvalue weighted by Crippen LogP contribution is -2.34. The van der Waals surface area contributed by atoms with E-state index in [1.807, 2.05) is 0 Å². The predicted octanol–water partition coefficient (Wildman–Crippen LogP) is 3.99. The molecule has 2 aliphatic rings. The molecule has 0 spiro atoms. The van der Waals surface area contributed by atoms with Gasteiger partial charge in [-0.1, -0.05) is 0 Å². The van der Waals surface area contributed by atoms with Gasteiger partial charge in [-0.15, -0.1) is 0 Å². The van der Waals surface area contributed by atoms with Crippen LogP contribution in [0, 0.1) is 52.9 Å². The summed E-state index contributed by atoms with van der Waals surface area (Å²) in [6, 6.07) is 2.13. The van der Waals surface area contributed by atoms with Gasteiger partial charge in [0.2, 0.25) is 40.1 Å². The first-order chi connectivity index (χ1) is 24.9. The fourth-order valence-electron chi connectivity index (χ4n) is 4.57. The van der Waals surface area contributed by atoms with E-state index in [0.29, 0.717) is 6.07 Å². The molecule has 7 rings (SSSR count). The van der Waals surface area contributed by atoms with Crippen LogP contribution >= 0.6 is 0 Å². The van der Waals surface area contributed by atoms with Crippen molar-refractivity contribution < 1.29 is 57.1 Å². The van der Waals surface area contributed by atoms with Gasteiger partial charge in [0.15, 0.2) is 46.0 Å². The molecular formula is C28H2F12N12O. The normalized spacial score (nSPS) is 15.4. The van der Waals surface area contributed by atoms with Crippen molar-refractivity contribution in [1.29, 1.82) is 5.26 Å². The topological polar surface area (TPSA) is 168 Å². The van der Waals surface area contributed by atoms with E-state index >= 15 is 0 Å². The molecule has 0 radical (unpaired) electrons. The molecule has 2 aliphatic heterocycles. The number of halogens is 12. The molecule has 0 aliphatic carbocycles. The Labute approximate surface area is 279 Å². The molecule has 0 unspecified atom stereocenters. The van der Waals surface area contributed by atoms with Crippen LogP contribution in [-0.2, 0) is 12.4 Å². The largest absolute Gasteiger partial charge is 0.438 e. The number of nitrogens with zero attached hydrogens (tertiary/aromatic N) is 12. The third-order valence-corrected chi connectivity index (χ3v) is 6.87. The highest BCUT2D eigenvalue weighted by molar-refractivity contribution is 5.79. The molecule has 0 saturated carbocycles. The summed E-state index contributed by atoms with van der Waals surface area (Å²) in [5.41, 5.74) is -9.95. The van der Waals surface area contributed by atoms with Crippen molar-refractivity contribution in [2.24, 2.45) is 20.0 Å². The second-order valence-electron chi connectivity index (χ2n) is 10.1. The van der Waals surface area contributed by atoms with Crippen LogP contribution < -0.4 is 21.7 Å². The minimum atomic E-state index is -5.34. The van der Waals surface area contributed by atoms with Crippen molar-refractivity contribution in [3.63, 3.8) is 0 Å². The number of hydrogen-bond acceptors (Lipinski definition) is 12. The summed E-state index contributed by atoms with van der Waals surface area (Å²) in [5.74, 6) is -18.1. The zero-order chi connectivity index (χ0) is 38.3. The number of hydrogen-bond donors (Lipinski definition) is 0. The maximum atomic E-state index is 14.5. The molecule has 25 heteroatoms. The van der Waals surface area contributed by atoms with Gasteiger partial charge in [-0.05, 0) is 6.07 Å². The quantitative estimate of drug-likeness (QED) is 0.0878. The van der Waals surface area contributed by atoms with E-state index < -0.39 is 138 Å². The summed E-state index contributed by atoms with van der Waals surface area (Å²) >= 11 is 0. The van der Waals surface area contributed by atoms with Crippen molar-refractivity contribution in [3.8, 4) is 17.8 Å². The van der Waals surface area contributed by atoms with Crippen LogP contribution in [0.1, 0.15) is 22.9 Å². The third kappa shape index (κ3) is 5.63. The van der Waals surface area contributed by atoms with Crippen molar-refractivity contribution in [2.75, 3.05) is 0 Å². The second-order valence-corrected chi connectivity index (χ2v) is 10.1. The number of fused-ring (bicyclic) bond motifs is 3. The van der Waals surface area contributed by atoms with Crippen LogP contribution in [0.15, 0.2) is 48.2 Å². The van der Waals surface area contributed by atoms with Crippen molar-refractivity contribution in [1.82, 2.24) is 29.9 Å². The van der Waals surface area contributed by atoms with Gasteiger partial charge in [0.1, 0.15) is 17.5 Å². The van der Waals surface area contributed by atoms with E-state index in [2.05, 4.69) is 54.7 Å². The van der Waals surface area contributed by atoms with Crippen molar-refractivity contribution >= 4 is 22.4 Å². The molecule has 0 amide bonds. The van der Waals surface area contributed by atoms with Crippen LogP contribution in [0.25, 0.3) is 38.9 Å². The highest BCUT2D eigenvalue weighted by Gasteiger charge is 2.38. The van der Waals surface area contributed by atoms with Gasteiger partial charge in [0.05, 0.1) is 22.9 Å². The number of nitriles is 1. The molecule has 0 bridgehead atoms. The first kappa shape index (κ1) is 34.3. The zero-order valence-corrected chi connectivity index (χ0v) is 24.5. The van der Waals surface area contributed by atoms with Gasteiger partial charge >= 0.3 is 12.4 Å². The van der Waals surface area contributed by atoms with Crippen LogP contribution in [0.3, 0.4) is 0 Å². The van der Waals surface area contributed by atoms with Gasteiger partial charge in [-0.25, -0.2) is 67.3 Å². The summed E-state index contributed by atoms with van der Waals surface area (Å²) in [6.45, 7) is 7.70. The van der Waals surface area contributed by atoms with Gasteiger partial charge in [-0.3, -0.25) is 0 Å². The first-order valence-corrected chi connectivity index (χ1v) is 13.5. The standard InChI is InChI=1S/C28H2F12N12O/c1-42-15(21-43-8-2-6(27(35,36)37)7(29)3-9(8)44-21)22-48-19(5(4-41)20-49-23-24(50-20)47-18(34)17(46-23)28(38,39)40)51-25(52-22)26-45-14-12(32)10(30)11(31)13(33)16(14)53-26/h2-3H/b20-5+,21-15-. The average molecular weight is 750 g/mol. The van der Waals surface area contributed by atoms with Crippen LogP contribution in [0.2, 0.25) is 0 Å². The van der Waals surface area contributed by atoms with Crippen LogP contribution in [0.4, 0.5) is 52.7 Å². The Kier molecular flexibility index (Phi) is 7.56. The fourth-order valence-corrected chi connectivity index (χ4v) is 4.57. The highest BCUT2D eigenvalue weighted by Crippen LogP contribution is 2.33. The lowest BCUT2D eigenvalue weighted by atomic mass is 10.2. The SMILES string of the molecule is [C-]#[N+]/C(=C1\N=c2cc(F)c(C(F)(F)F)cc2=N1)c1nc(/C(C#N)=C2/N=c3nc(F)c(C(F)(F)F)nc3=N2)nc(-c2nc3c(F)c(F)c(F)c(F)c3o2)n1. The molecule has 5 aromatic rings. The van der Waals surface area contributed by atoms with Crippen molar-refractivity contribution in [2.45, 2.75) is 12.4 Å². The summed E-state index contributed by atoms with van der Waals surface area (Å²) in [5, 5.41) is 8.94. The third-order valence-electron chi connectivity index (χ3n) is 6.87. The Morgan fingerprint density at radius 1 is 0.698 bits per heavy atom. The number of alkyl halides is 6. The molecule has 5 heterocycles. The van der Waals surface area contributed by atoms with Gasteiger partial charge in [-0.2, -0.15) is 45.4 Å². The van der Waals surface area contributed by atoms with Gasteiger partial charge < -0.3 is 4.42 Å². The molecule has 53 heavy (non-hydrogen) atoms. The molecular weight excluding hydrogens is 748 g/mol. The Balaban J connectivity index is 1.49. The molecule has 13 nitrogen and oxygen atoms in total. The molecule has 0 fully saturated rings. The monoisotopic (exact) mass is 750 g/mol. The summed E-state index contributed by atoms with van der Waals surface area (Å²) in [7, 11) is 0. The van der Waals surface area contributed by atoms with Crippen LogP contribution in [-0.4, -0.2) is 29.9 Å². The Morgan fingerprint density at radius 2 is 1.32 bits per heavy atom. The van der Waals surface area contributed by atoms with Gasteiger partial charge in [0.25, 0.3) is 11.6 Å². The lowest BCUT2D eigenvalue weighted by molar-refractivity contribution is -0.144. The average Bonchev–Trinajstić information content (AvgIpc) is 3.82. The zero-order valence-electron chi connectivity index (χ0n) is 24.5. The minimum absolute atomic E-state index is 0.279. The number of allylic oxidation sites excluding steroid dienone is 1. The summed E-state index contributed by atoms with van der Waals surface area (Å²) in [6.07, 6.45) is -10.5. The number of oxazole rings is 1. The van der Waals surface area contributed by atoms with E-state index in [9.17, 15) is 57.9 Å². The number of aromatic nitrogens is 6. The first-order valence-electron chi connectivity index (χ1n) is 13.5. The number of benzene rings is 2. The summed E-state index contributed by atoms with van der Waals surface area (Å²) in [4.78, 5) is 39.1. The molecule has 0 atom stereocenters. The number of rotatable bonds is 3. The maximum Gasteiger partial charge on any atom is 0.438 e. The van der Waals surface area contributed by atoms with E-state index in [-0.39, 0.29) is 6.07 Å². The summed E-state index contributed by atoms with van der Waals surface area (Å²) < 4.78 is 170. The molecule has 3 aromatic heterocycles. The molecule has 0 N–H and O–H groups in total. The predicted molar refractivity (Wildman–Crippen MR) is 142 cm³/mol. The molecule has 264 valence electrons. The Morgan fingerprint density at radius 3 is 1.94 bits per heavy atom. The Hall–Kier alpha value is -7.18. The second kappa shape index (κ2) is 11.7. The van der Waals surface area contributed by atoms with Gasteiger partial charge in [0, 0.05) is 6.07 Å². The minimum Gasteiger partial charge on any atom is -0.430 e. The maximum absolute atomic E-state index is 14.5. The van der Waals surface area contributed by atoms with Crippen LogP contribution in [0.5, 0.6) is 0 Å². The smallest absolute Gasteiger partial charge is 0.430 e. The van der Waals surface area contributed by atoms with E-state index in [1.54, 1.807) is 0 Å². The lowest BCUT2D eigenvalue weighted by Gasteiger charge is -2.06. The van der Waals surface area contributed by atoms with Crippen molar-refractivity contribution in [3.05, 3.63) is 115 Å². The van der Waals surface area contributed by atoms with E-state index in [4.69, 9.17) is 11.0 Å². The van der Waals surface area contributed by atoms with E-state index in [1.165, 1.54) is 6.07 Å².